The molecule has 2 heterocycles. The van der Waals surface area contributed by atoms with Gasteiger partial charge in [-0.15, -0.1) is 0 Å². The molecule has 4 atom stereocenters. The van der Waals surface area contributed by atoms with E-state index in [-0.39, 0.29) is 25.3 Å². The predicted octanol–water partition coefficient (Wildman–Crippen LogP) is 2.19. The van der Waals surface area contributed by atoms with E-state index in [9.17, 15) is 19.2 Å². The van der Waals surface area contributed by atoms with Crippen LogP contribution in [0.2, 0.25) is 0 Å². The first kappa shape index (κ1) is 29.4. The smallest absolute Gasteiger partial charge is 0.410 e. The Labute approximate surface area is 200 Å². The Kier molecular flexibility index (Phi) is 10.1. The van der Waals surface area contributed by atoms with Crippen molar-refractivity contribution in [2.75, 3.05) is 26.2 Å². The number of rotatable bonds is 2. The van der Waals surface area contributed by atoms with Crippen molar-refractivity contribution in [1.29, 1.82) is 0 Å². The van der Waals surface area contributed by atoms with Gasteiger partial charge in [-0.25, -0.2) is 19.2 Å². The summed E-state index contributed by atoms with van der Waals surface area (Å²) < 4.78 is 20.8. The highest BCUT2D eigenvalue weighted by molar-refractivity contribution is 5.75. The van der Waals surface area contributed by atoms with Gasteiger partial charge in [0.05, 0.1) is 38.4 Å². The number of carboxylic acid groups (broad SMARTS) is 2. The van der Waals surface area contributed by atoms with Gasteiger partial charge in [0, 0.05) is 0 Å². The average Bonchev–Trinajstić information content (AvgIpc) is 2.64. The van der Waals surface area contributed by atoms with E-state index >= 15 is 0 Å². The van der Waals surface area contributed by atoms with Crippen LogP contribution in [0, 0.1) is 0 Å². The van der Waals surface area contributed by atoms with E-state index in [4.69, 9.17) is 29.2 Å². The zero-order chi connectivity index (χ0) is 26.4. The summed E-state index contributed by atoms with van der Waals surface area (Å²) in [7, 11) is 0. The van der Waals surface area contributed by atoms with Crippen LogP contribution in [0.25, 0.3) is 0 Å². The molecule has 2 fully saturated rings. The molecular formula is C22H38N2O10. The monoisotopic (exact) mass is 490 g/mol. The summed E-state index contributed by atoms with van der Waals surface area (Å²) in [6.07, 6.45) is -3.58. The second kappa shape index (κ2) is 11.7. The molecule has 34 heavy (non-hydrogen) atoms. The van der Waals surface area contributed by atoms with Crippen LogP contribution in [-0.2, 0) is 28.5 Å². The number of hydrogen-bond donors (Lipinski definition) is 2. The lowest BCUT2D eigenvalue weighted by atomic mass is 10.2. The van der Waals surface area contributed by atoms with E-state index in [0.717, 1.165) is 0 Å². The highest BCUT2D eigenvalue weighted by Crippen LogP contribution is 2.17. The number of aliphatic carboxylic acids is 2. The fourth-order valence-electron chi connectivity index (χ4n) is 3.13. The van der Waals surface area contributed by atoms with Gasteiger partial charge < -0.3 is 39.0 Å². The number of ether oxygens (including phenoxy) is 4. The van der Waals surface area contributed by atoms with Crippen LogP contribution in [0.1, 0.15) is 55.4 Å². The van der Waals surface area contributed by atoms with Crippen molar-refractivity contribution in [3.05, 3.63) is 0 Å². The third-order valence-electron chi connectivity index (χ3n) is 4.37. The standard InChI is InChI=1S/2C11H19NO5/c2*1-7-5-12(6-8(16-7)9(13)14)10(15)17-11(2,3)4/h2*7-8H,5-6H2,1-4H3,(H,13,14)/t2*7-,8+/m10/s1. The van der Waals surface area contributed by atoms with Crippen LogP contribution in [0.3, 0.4) is 0 Å². The van der Waals surface area contributed by atoms with Gasteiger partial charge in [-0.05, 0) is 55.4 Å². The van der Waals surface area contributed by atoms with Gasteiger partial charge in [-0.1, -0.05) is 0 Å². The second-order valence-corrected chi connectivity index (χ2v) is 10.3. The summed E-state index contributed by atoms with van der Waals surface area (Å²) >= 11 is 0. The maximum Gasteiger partial charge on any atom is 0.410 e. The van der Waals surface area contributed by atoms with Crippen molar-refractivity contribution >= 4 is 24.1 Å². The Morgan fingerprint density at radius 3 is 1.21 bits per heavy atom. The van der Waals surface area contributed by atoms with Gasteiger partial charge >= 0.3 is 24.1 Å². The van der Waals surface area contributed by atoms with E-state index in [2.05, 4.69) is 0 Å². The highest BCUT2D eigenvalue weighted by Gasteiger charge is 2.35. The fourth-order valence-corrected chi connectivity index (χ4v) is 3.13. The summed E-state index contributed by atoms with van der Waals surface area (Å²) in [5, 5.41) is 17.8. The molecular weight excluding hydrogens is 452 g/mol. The minimum absolute atomic E-state index is 0.0224. The maximum absolute atomic E-state index is 11.8. The van der Waals surface area contributed by atoms with E-state index < -0.39 is 47.5 Å². The number of morpholine rings is 2. The lowest BCUT2D eigenvalue weighted by Gasteiger charge is -2.35. The molecule has 0 bridgehead atoms. The molecule has 0 radical (unpaired) electrons. The summed E-state index contributed by atoms with van der Waals surface area (Å²) in [4.78, 5) is 48.0. The van der Waals surface area contributed by atoms with Crippen molar-refractivity contribution < 1.29 is 48.3 Å². The van der Waals surface area contributed by atoms with E-state index in [1.54, 1.807) is 55.4 Å². The number of carboxylic acids is 2. The van der Waals surface area contributed by atoms with Gasteiger partial charge in [0.25, 0.3) is 0 Å². The van der Waals surface area contributed by atoms with Gasteiger partial charge in [0.15, 0.2) is 12.2 Å². The molecule has 196 valence electrons. The topological polar surface area (TPSA) is 152 Å². The van der Waals surface area contributed by atoms with Crippen LogP contribution in [-0.4, -0.2) is 106 Å². The minimum Gasteiger partial charge on any atom is -0.479 e. The van der Waals surface area contributed by atoms with Crippen LogP contribution in [0.5, 0.6) is 0 Å². The third-order valence-corrected chi connectivity index (χ3v) is 4.37. The highest BCUT2D eigenvalue weighted by atomic mass is 16.6. The summed E-state index contributed by atoms with van der Waals surface area (Å²) in [6, 6.07) is 0. The molecule has 12 nitrogen and oxygen atoms in total. The molecule has 2 rings (SSSR count). The van der Waals surface area contributed by atoms with Gasteiger partial charge in [-0.3, -0.25) is 0 Å². The largest absolute Gasteiger partial charge is 0.479 e. The van der Waals surface area contributed by atoms with Crippen LogP contribution < -0.4 is 0 Å². The molecule has 2 aliphatic rings. The van der Waals surface area contributed by atoms with E-state index in [0.29, 0.717) is 13.1 Å². The minimum atomic E-state index is -1.06. The molecule has 0 aromatic rings. The van der Waals surface area contributed by atoms with Crippen molar-refractivity contribution in [2.24, 2.45) is 0 Å². The lowest BCUT2D eigenvalue weighted by molar-refractivity contribution is -0.162. The van der Waals surface area contributed by atoms with Crippen LogP contribution >= 0.6 is 0 Å². The van der Waals surface area contributed by atoms with Crippen molar-refractivity contribution in [3.8, 4) is 0 Å². The van der Waals surface area contributed by atoms with Gasteiger partial charge in [0.2, 0.25) is 0 Å². The molecule has 12 heteroatoms. The molecule has 0 saturated carbocycles. The molecule has 2 amide bonds. The number of nitrogens with zero attached hydrogens (tertiary/aromatic N) is 2. The van der Waals surface area contributed by atoms with Gasteiger partial charge in [0.1, 0.15) is 11.2 Å². The quantitative estimate of drug-likeness (QED) is 0.589. The first-order valence-corrected chi connectivity index (χ1v) is 11.1. The normalized spacial score (nSPS) is 25.5. The zero-order valence-corrected chi connectivity index (χ0v) is 21.2. The van der Waals surface area contributed by atoms with E-state index in [1.165, 1.54) is 9.80 Å². The van der Waals surface area contributed by atoms with Crippen LogP contribution in [0.4, 0.5) is 9.59 Å². The van der Waals surface area contributed by atoms with Gasteiger partial charge in [-0.2, -0.15) is 0 Å². The van der Waals surface area contributed by atoms with Crippen molar-refractivity contribution in [1.82, 2.24) is 9.80 Å². The first-order chi connectivity index (χ1) is 15.4. The summed E-state index contributed by atoms with van der Waals surface area (Å²) in [5.74, 6) is -2.13. The van der Waals surface area contributed by atoms with Crippen LogP contribution in [0.15, 0.2) is 0 Å². The Morgan fingerprint density at radius 2 is 0.971 bits per heavy atom. The maximum atomic E-state index is 11.8. The fraction of sp³-hybridized carbons (Fsp3) is 0.818. The Hall–Kier alpha value is -2.60. The molecule has 0 aromatic carbocycles. The molecule has 0 aromatic heterocycles. The molecule has 0 unspecified atom stereocenters. The Morgan fingerprint density at radius 1 is 0.676 bits per heavy atom. The number of carbonyl (C=O) groups is 4. The average molecular weight is 491 g/mol. The summed E-state index contributed by atoms with van der Waals surface area (Å²) in [5.41, 5.74) is -1.17. The van der Waals surface area contributed by atoms with Crippen molar-refractivity contribution in [3.63, 3.8) is 0 Å². The molecule has 0 aliphatic carbocycles. The molecule has 0 spiro atoms. The lowest BCUT2D eigenvalue weighted by Crippen LogP contribution is -2.52. The number of hydrogen-bond acceptors (Lipinski definition) is 8. The SMILES string of the molecule is C[C@@H]1CN(C(=O)OC(C)(C)C)C[C@@H](C(=O)O)O1.C[C@H]1CN(C(=O)OC(C)(C)C)C[C@H](C(=O)O)O1. The Bertz CT molecular complexity index is 681. The first-order valence-electron chi connectivity index (χ1n) is 11.1. The predicted molar refractivity (Wildman–Crippen MR) is 120 cm³/mol. The molecule has 2 saturated heterocycles. The second-order valence-electron chi connectivity index (χ2n) is 10.3. The Balaban J connectivity index is 0.000000340. The molecule has 2 N–H and O–H groups in total. The number of amides is 2. The van der Waals surface area contributed by atoms with Crippen molar-refractivity contribution in [2.45, 2.75) is 91.0 Å². The molecule has 2 aliphatic heterocycles. The summed E-state index contributed by atoms with van der Waals surface area (Å²) in [6.45, 7) is 14.8. The number of carbonyl (C=O) groups excluding carboxylic acids is 2. The zero-order valence-electron chi connectivity index (χ0n) is 21.2. The third kappa shape index (κ3) is 10.6. The van der Waals surface area contributed by atoms with E-state index in [1.807, 2.05) is 0 Å².